The molecule has 21 heavy (non-hydrogen) atoms. The average Bonchev–Trinajstić information content (AvgIpc) is 2.48. The van der Waals surface area contributed by atoms with Crippen LogP contribution in [0, 0.1) is 0 Å². The van der Waals surface area contributed by atoms with Gasteiger partial charge in [-0.25, -0.2) is 0 Å². The molecule has 0 aliphatic rings. The molecule has 0 amide bonds. The van der Waals surface area contributed by atoms with Crippen LogP contribution in [0.1, 0.15) is 34.3 Å². The Balaban J connectivity index is 2.09. The van der Waals surface area contributed by atoms with Crippen LogP contribution in [-0.2, 0) is 0 Å². The van der Waals surface area contributed by atoms with Crippen molar-refractivity contribution in [3.05, 3.63) is 71.8 Å². The van der Waals surface area contributed by atoms with Crippen molar-refractivity contribution in [1.82, 2.24) is 0 Å². The zero-order valence-electron chi connectivity index (χ0n) is 13.2. The van der Waals surface area contributed by atoms with Gasteiger partial charge >= 0.3 is 0 Å². The number of ketones is 1. The Morgan fingerprint density at radius 2 is 1.43 bits per heavy atom. The summed E-state index contributed by atoms with van der Waals surface area (Å²) in [6.07, 6.45) is 1.58. The monoisotopic (exact) mass is 296 g/mol. The number of hydrogen-bond donors (Lipinski definition) is 0. The highest BCUT2D eigenvalue weighted by molar-refractivity contribution is 6.77. The number of rotatable bonds is 6. The number of carbonyl (C=O) groups excluding carboxylic acids is 1. The van der Waals surface area contributed by atoms with E-state index in [1.54, 1.807) is 0 Å². The Kier molecular flexibility index (Phi) is 5.13. The number of Topliss-reactive ketones (excluding diaryl/α,β-unsaturated/α-hetero) is 1. The van der Waals surface area contributed by atoms with Crippen LogP contribution in [0.2, 0.25) is 19.6 Å². The molecule has 110 valence electrons. The summed E-state index contributed by atoms with van der Waals surface area (Å²) in [5.74, 6) is 0.259. The first-order valence-electron chi connectivity index (χ1n) is 7.61. The van der Waals surface area contributed by atoms with Crippen LogP contribution in [0.5, 0.6) is 0 Å². The van der Waals surface area contributed by atoms with Crippen molar-refractivity contribution in [3.8, 4) is 0 Å². The fourth-order valence-electron chi connectivity index (χ4n) is 2.83. The van der Waals surface area contributed by atoms with Crippen LogP contribution < -0.4 is 0 Å². The Labute approximate surface area is 129 Å². The van der Waals surface area contributed by atoms with Crippen molar-refractivity contribution >= 4 is 13.9 Å². The van der Waals surface area contributed by atoms with E-state index < -0.39 is 8.07 Å². The number of carbonyl (C=O) groups is 1. The first kappa shape index (κ1) is 15.7. The van der Waals surface area contributed by atoms with E-state index in [1.165, 1.54) is 5.56 Å². The molecule has 0 radical (unpaired) electrons. The number of benzene rings is 2. The van der Waals surface area contributed by atoms with Crippen LogP contribution in [0.15, 0.2) is 60.7 Å². The number of hydrogen-bond acceptors (Lipinski definition) is 1. The first-order chi connectivity index (χ1) is 9.98. The lowest BCUT2D eigenvalue weighted by Crippen LogP contribution is -2.31. The summed E-state index contributed by atoms with van der Waals surface area (Å²) < 4.78 is 0. The molecule has 0 bridgehead atoms. The molecule has 1 nitrogen and oxygen atoms in total. The topological polar surface area (TPSA) is 17.1 Å². The Bertz CT molecular complexity index is 570. The van der Waals surface area contributed by atoms with E-state index in [1.807, 2.05) is 30.3 Å². The molecule has 0 aromatic heterocycles. The van der Waals surface area contributed by atoms with E-state index >= 15 is 0 Å². The molecule has 0 saturated carbocycles. The minimum atomic E-state index is -1.35. The molecule has 1 unspecified atom stereocenters. The molecule has 0 heterocycles. The lowest BCUT2D eigenvalue weighted by Gasteiger charge is -2.29. The van der Waals surface area contributed by atoms with E-state index in [-0.39, 0.29) is 5.78 Å². The van der Waals surface area contributed by atoms with Crippen LogP contribution in [0.4, 0.5) is 0 Å². The molecule has 2 aromatic rings. The van der Waals surface area contributed by atoms with Crippen molar-refractivity contribution in [3.63, 3.8) is 0 Å². The molecule has 2 rings (SSSR count). The van der Waals surface area contributed by atoms with E-state index in [9.17, 15) is 4.79 Å². The first-order valence-corrected chi connectivity index (χ1v) is 11.2. The van der Waals surface area contributed by atoms with Gasteiger partial charge in [-0.1, -0.05) is 80.3 Å². The smallest absolute Gasteiger partial charge is 0.162 e. The standard InChI is InChI=1S/C19H24OSi/c1-21(2,3)19(17-12-8-5-9-13-17)15-14-18(20)16-10-6-4-7-11-16/h4-13,19H,14-15H2,1-3H3. The lowest BCUT2D eigenvalue weighted by atomic mass is 10.0. The van der Waals surface area contributed by atoms with Gasteiger partial charge in [0.25, 0.3) is 0 Å². The highest BCUT2D eigenvalue weighted by Gasteiger charge is 2.28. The molecular weight excluding hydrogens is 272 g/mol. The van der Waals surface area contributed by atoms with Gasteiger partial charge in [0.1, 0.15) is 0 Å². The van der Waals surface area contributed by atoms with Gasteiger partial charge in [-0.15, -0.1) is 0 Å². The van der Waals surface area contributed by atoms with Gasteiger partial charge in [0.05, 0.1) is 8.07 Å². The molecule has 0 fully saturated rings. The normalized spacial score (nSPS) is 12.9. The van der Waals surface area contributed by atoms with E-state index in [2.05, 4.69) is 50.0 Å². The lowest BCUT2D eigenvalue weighted by molar-refractivity contribution is 0.0979. The average molecular weight is 296 g/mol. The van der Waals surface area contributed by atoms with Gasteiger partial charge < -0.3 is 0 Å². The maximum absolute atomic E-state index is 12.3. The van der Waals surface area contributed by atoms with Crippen molar-refractivity contribution in [2.24, 2.45) is 0 Å². The fraction of sp³-hybridized carbons (Fsp3) is 0.316. The highest BCUT2D eigenvalue weighted by Crippen LogP contribution is 2.31. The van der Waals surface area contributed by atoms with Crippen LogP contribution >= 0.6 is 0 Å². The summed E-state index contributed by atoms with van der Waals surface area (Å²) in [6.45, 7) is 7.16. The molecule has 0 spiro atoms. The van der Waals surface area contributed by atoms with Crippen LogP contribution in [0.25, 0.3) is 0 Å². The minimum Gasteiger partial charge on any atom is -0.294 e. The molecule has 0 saturated heterocycles. The summed E-state index contributed by atoms with van der Waals surface area (Å²) >= 11 is 0. The van der Waals surface area contributed by atoms with Crippen LogP contribution in [0.3, 0.4) is 0 Å². The maximum atomic E-state index is 12.3. The predicted molar refractivity (Wildman–Crippen MR) is 92.5 cm³/mol. The Morgan fingerprint density at radius 3 is 1.95 bits per heavy atom. The van der Waals surface area contributed by atoms with E-state index in [0.29, 0.717) is 12.0 Å². The molecule has 1 atom stereocenters. The van der Waals surface area contributed by atoms with Crippen molar-refractivity contribution in [2.75, 3.05) is 0 Å². The molecule has 0 aliphatic heterocycles. The second-order valence-corrected chi connectivity index (χ2v) is 12.1. The van der Waals surface area contributed by atoms with Gasteiger partial charge in [-0.05, 0) is 17.5 Å². The van der Waals surface area contributed by atoms with Crippen LogP contribution in [-0.4, -0.2) is 13.9 Å². The second-order valence-electron chi connectivity index (χ2n) is 6.66. The molecular formula is C19H24OSi. The molecule has 0 aliphatic carbocycles. The summed E-state index contributed by atoms with van der Waals surface area (Å²) in [7, 11) is -1.35. The van der Waals surface area contributed by atoms with Gasteiger partial charge in [0.2, 0.25) is 0 Å². The third-order valence-corrected chi connectivity index (χ3v) is 6.72. The summed E-state index contributed by atoms with van der Waals surface area (Å²) in [6, 6.07) is 20.3. The van der Waals surface area contributed by atoms with Crippen molar-refractivity contribution in [2.45, 2.75) is 38.0 Å². The minimum absolute atomic E-state index is 0.259. The van der Waals surface area contributed by atoms with Gasteiger partial charge in [0, 0.05) is 12.0 Å². The van der Waals surface area contributed by atoms with E-state index in [4.69, 9.17) is 0 Å². The third kappa shape index (κ3) is 4.40. The van der Waals surface area contributed by atoms with Crippen molar-refractivity contribution in [1.29, 1.82) is 0 Å². The molecule has 2 aromatic carbocycles. The van der Waals surface area contributed by atoms with Gasteiger partial charge in [-0.3, -0.25) is 4.79 Å². The zero-order chi connectivity index (χ0) is 15.3. The highest BCUT2D eigenvalue weighted by atomic mass is 28.3. The van der Waals surface area contributed by atoms with Crippen molar-refractivity contribution < 1.29 is 4.79 Å². The largest absolute Gasteiger partial charge is 0.294 e. The van der Waals surface area contributed by atoms with Gasteiger partial charge in [-0.2, -0.15) is 0 Å². The fourth-order valence-corrected chi connectivity index (χ4v) is 5.03. The summed E-state index contributed by atoms with van der Waals surface area (Å²) in [4.78, 5) is 12.3. The summed E-state index contributed by atoms with van der Waals surface area (Å²) in [5, 5.41) is 0. The third-order valence-electron chi connectivity index (χ3n) is 4.00. The van der Waals surface area contributed by atoms with Gasteiger partial charge in [0.15, 0.2) is 5.78 Å². The Hall–Kier alpha value is -1.67. The molecule has 2 heteroatoms. The predicted octanol–water partition coefficient (Wildman–Crippen LogP) is 5.31. The maximum Gasteiger partial charge on any atom is 0.162 e. The Morgan fingerprint density at radius 1 is 0.905 bits per heavy atom. The second kappa shape index (κ2) is 6.86. The summed E-state index contributed by atoms with van der Waals surface area (Å²) in [5.41, 5.74) is 2.75. The quantitative estimate of drug-likeness (QED) is 0.521. The SMILES string of the molecule is C[Si](C)(C)C(CCC(=O)c1ccccc1)c1ccccc1. The zero-order valence-corrected chi connectivity index (χ0v) is 14.2. The molecule has 0 N–H and O–H groups in total. The van der Waals surface area contributed by atoms with E-state index in [0.717, 1.165) is 12.0 Å².